The van der Waals surface area contributed by atoms with Crippen molar-refractivity contribution in [2.45, 2.75) is 13.5 Å². The lowest BCUT2D eigenvalue weighted by molar-refractivity contribution is -0.113. The summed E-state index contributed by atoms with van der Waals surface area (Å²) in [6.45, 7) is 2.27. The molecule has 0 aliphatic carbocycles. The zero-order chi connectivity index (χ0) is 22.7. The van der Waals surface area contributed by atoms with Crippen molar-refractivity contribution in [3.63, 3.8) is 0 Å². The Kier molecular flexibility index (Phi) is 6.93. The predicted octanol–water partition coefficient (Wildman–Crippen LogP) is 6.15. The Bertz CT molecular complexity index is 1220. The van der Waals surface area contributed by atoms with Crippen LogP contribution in [0.5, 0.6) is 11.5 Å². The number of halogens is 1. The van der Waals surface area contributed by atoms with Crippen molar-refractivity contribution in [1.29, 1.82) is 0 Å². The number of nitrogens with zero attached hydrogens (tertiary/aromatic N) is 2. The van der Waals surface area contributed by atoms with E-state index in [1.54, 1.807) is 18.2 Å². The highest BCUT2D eigenvalue weighted by Gasteiger charge is 2.34. The summed E-state index contributed by atoms with van der Waals surface area (Å²) in [6, 6.07) is 17.1. The fourth-order valence-electron chi connectivity index (χ4n) is 3.23. The molecular weight excluding hydrogens is 508 g/mol. The molecule has 1 amide bonds. The number of hydrogen-bond donors (Lipinski definition) is 0. The molecule has 0 atom stereocenters. The number of aromatic nitrogens is 1. The molecule has 32 heavy (non-hydrogen) atoms. The number of anilines is 1. The van der Waals surface area contributed by atoms with Gasteiger partial charge in [-0.1, -0.05) is 48.2 Å². The Morgan fingerprint density at radius 3 is 2.69 bits per heavy atom. The van der Waals surface area contributed by atoms with Crippen LogP contribution < -0.4 is 14.4 Å². The lowest BCUT2D eigenvalue weighted by Gasteiger charge is -2.16. The number of methoxy groups -OCH3 is 1. The maximum absolute atomic E-state index is 13.1. The van der Waals surface area contributed by atoms with Gasteiger partial charge in [-0.3, -0.25) is 14.7 Å². The molecule has 162 valence electrons. The van der Waals surface area contributed by atoms with Crippen molar-refractivity contribution in [3.05, 3.63) is 87.0 Å². The topological polar surface area (TPSA) is 51.7 Å². The second-order valence-corrected chi connectivity index (χ2v) is 9.48. The number of benzene rings is 2. The van der Waals surface area contributed by atoms with Crippen molar-refractivity contribution in [2.75, 3.05) is 12.0 Å². The fraction of sp³-hybridized carbons (Fsp3) is 0.125. The standard InChI is InChI=1S/C24H19BrN2O3S2/c1-15-7-3-4-9-19(15)27-23(28)21(32-24(27)31)13-16-11-18(25)22(20(12-16)29-2)30-14-17-8-5-6-10-26-17/h3-13H,14H2,1-2H3/b21-13+. The van der Waals surface area contributed by atoms with E-state index in [1.807, 2.05) is 67.6 Å². The van der Waals surface area contributed by atoms with E-state index in [-0.39, 0.29) is 5.91 Å². The Morgan fingerprint density at radius 1 is 1.19 bits per heavy atom. The summed E-state index contributed by atoms with van der Waals surface area (Å²) >= 11 is 10.3. The van der Waals surface area contributed by atoms with Gasteiger partial charge in [-0.25, -0.2) is 0 Å². The normalized spacial score (nSPS) is 14.8. The summed E-state index contributed by atoms with van der Waals surface area (Å²) in [4.78, 5) is 19.5. The molecule has 1 saturated heterocycles. The minimum Gasteiger partial charge on any atom is -0.493 e. The van der Waals surface area contributed by atoms with Gasteiger partial charge in [0, 0.05) is 6.20 Å². The lowest BCUT2D eigenvalue weighted by atomic mass is 10.1. The maximum atomic E-state index is 13.1. The fourth-order valence-corrected chi connectivity index (χ4v) is 5.09. The molecule has 0 unspecified atom stereocenters. The predicted molar refractivity (Wildman–Crippen MR) is 136 cm³/mol. The first-order valence-electron chi connectivity index (χ1n) is 9.71. The second-order valence-electron chi connectivity index (χ2n) is 6.95. The molecule has 1 fully saturated rings. The first-order chi connectivity index (χ1) is 15.5. The van der Waals surface area contributed by atoms with Crippen molar-refractivity contribution >= 4 is 61.9 Å². The monoisotopic (exact) mass is 526 g/mol. The van der Waals surface area contributed by atoms with Gasteiger partial charge in [0.2, 0.25) is 0 Å². The van der Waals surface area contributed by atoms with Crippen LogP contribution in [0, 0.1) is 6.92 Å². The van der Waals surface area contributed by atoms with E-state index in [0.717, 1.165) is 22.5 Å². The van der Waals surface area contributed by atoms with Gasteiger partial charge in [-0.2, -0.15) is 0 Å². The zero-order valence-electron chi connectivity index (χ0n) is 17.4. The molecule has 8 heteroatoms. The molecule has 5 nitrogen and oxygen atoms in total. The van der Waals surface area contributed by atoms with Gasteiger partial charge in [-0.05, 0) is 70.4 Å². The summed E-state index contributed by atoms with van der Waals surface area (Å²) in [5, 5.41) is 0. The summed E-state index contributed by atoms with van der Waals surface area (Å²) in [5.41, 5.74) is 3.40. The van der Waals surface area contributed by atoms with Crippen molar-refractivity contribution < 1.29 is 14.3 Å². The molecule has 1 aliphatic heterocycles. The molecule has 0 spiro atoms. The van der Waals surface area contributed by atoms with Crippen LogP contribution in [-0.2, 0) is 11.4 Å². The molecule has 0 saturated carbocycles. The molecule has 1 aliphatic rings. The van der Waals surface area contributed by atoms with Gasteiger partial charge < -0.3 is 9.47 Å². The average Bonchev–Trinajstić information content (AvgIpc) is 3.06. The molecule has 0 bridgehead atoms. The number of hydrogen-bond acceptors (Lipinski definition) is 6. The summed E-state index contributed by atoms with van der Waals surface area (Å²) in [5.74, 6) is 0.985. The number of carbonyl (C=O) groups excluding carboxylic acids is 1. The third-order valence-electron chi connectivity index (χ3n) is 4.79. The second kappa shape index (κ2) is 9.85. The van der Waals surface area contributed by atoms with Crippen molar-refractivity contribution in [3.8, 4) is 11.5 Å². The average molecular weight is 527 g/mol. The first kappa shape index (κ1) is 22.5. The lowest BCUT2D eigenvalue weighted by Crippen LogP contribution is -2.28. The molecule has 0 radical (unpaired) electrons. The van der Waals surface area contributed by atoms with Gasteiger partial charge in [0.05, 0.1) is 27.9 Å². The van der Waals surface area contributed by atoms with Crippen LogP contribution in [0.4, 0.5) is 5.69 Å². The van der Waals surface area contributed by atoms with Gasteiger partial charge in [0.25, 0.3) is 5.91 Å². The van der Waals surface area contributed by atoms with E-state index in [9.17, 15) is 4.79 Å². The molecule has 3 aromatic rings. The first-order valence-corrected chi connectivity index (χ1v) is 11.7. The van der Waals surface area contributed by atoms with E-state index in [1.165, 1.54) is 11.8 Å². The van der Waals surface area contributed by atoms with Gasteiger partial charge in [0.15, 0.2) is 15.8 Å². The van der Waals surface area contributed by atoms with E-state index in [2.05, 4.69) is 20.9 Å². The van der Waals surface area contributed by atoms with E-state index in [0.29, 0.717) is 31.8 Å². The Balaban J connectivity index is 1.60. The minimum atomic E-state index is -0.139. The van der Waals surface area contributed by atoms with Crippen LogP contribution in [0.15, 0.2) is 70.2 Å². The molecular formula is C24H19BrN2O3S2. The zero-order valence-corrected chi connectivity index (χ0v) is 20.6. The smallest absolute Gasteiger partial charge is 0.270 e. The van der Waals surface area contributed by atoms with Gasteiger partial charge in [-0.15, -0.1) is 0 Å². The third kappa shape index (κ3) is 4.72. The number of thiocarbonyl (C=S) groups is 1. The van der Waals surface area contributed by atoms with Crippen molar-refractivity contribution in [2.24, 2.45) is 0 Å². The van der Waals surface area contributed by atoms with E-state index < -0.39 is 0 Å². The van der Waals surface area contributed by atoms with E-state index >= 15 is 0 Å². The van der Waals surface area contributed by atoms with E-state index in [4.69, 9.17) is 21.7 Å². The number of pyridine rings is 1. The number of ether oxygens (including phenoxy) is 2. The number of carbonyl (C=O) groups is 1. The van der Waals surface area contributed by atoms with Gasteiger partial charge in [0.1, 0.15) is 6.61 Å². The largest absolute Gasteiger partial charge is 0.493 e. The van der Waals surface area contributed by atoms with Crippen LogP contribution in [0.1, 0.15) is 16.8 Å². The van der Waals surface area contributed by atoms with Crippen LogP contribution in [0.2, 0.25) is 0 Å². The van der Waals surface area contributed by atoms with Gasteiger partial charge >= 0.3 is 0 Å². The maximum Gasteiger partial charge on any atom is 0.270 e. The molecule has 4 rings (SSSR count). The molecule has 2 heterocycles. The number of aryl methyl sites for hydroxylation is 1. The summed E-state index contributed by atoms with van der Waals surface area (Å²) < 4.78 is 12.7. The highest BCUT2D eigenvalue weighted by Crippen LogP contribution is 2.40. The van der Waals surface area contributed by atoms with Crippen LogP contribution >= 0.6 is 39.9 Å². The van der Waals surface area contributed by atoms with Crippen molar-refractivity contribution in [1.82, 2.24) is 4.98 Å². The number of amides is 1. The highest BCUT2D eigenvalue weighted by atomic mass is 79.9. The van der Waals surface area contributed by atoms with Crippen LogP contribution in [0.25, 0.3) is 6.08 Å². The Hall–Kier alpha value is -2.68. The number of thioether (sulfide) groups is 1. The summed E-state index contributed by atoms with van der Waals surface area (Å²) in [7, 11) is 1.58. The van der Waals surface area contributed by atoms with Crippen LogP contribution in [0.3, 0.4) is 0 Å². The van der Waals surface area contributed by atoms with Crippen LogP contribution in [-0.4, -0.2) is 22.3 Å². The quantitative estimate of drug-likeness (QED) is 0.283. The highest BCUT2D eigenvalue weighted by molar-refractivity contribution is 9.10. The minimum absolute atomic E-state index is 0.139. The molecule has 2 aromatic carbocycles. The number of para-hydroxylation sites is 1. The SMILES string of the molecule is COc1cc(/C=C2/SC(=S)N(c3ccccc3C)C2=O)cc(Br)c1OCc1ccccn1. The Morgan fingerprint density at radius 2 is 1.97 bits per heavy atom. The summed E-state index contributed by atoms with van der Waals surface area (Å²) in [6.07, 6.45) is 3.54. The number of rotatable bonds is 6. The molecule has 1 aromatic heterocycles. The third-order valence-corrected chi connectivity index (χ3v) is 6.68. The Labute approximate surface area is 204 Å². The molecule has 0 N–H and O–H groups in total.